The van der Waals surface area contributed by atoms with Gasteiger partial charge in [-0.15, -0.1) is 0 Å². The van der Waals surface area contributed by atoms with Gasteiger partial charge in [0.1, 0.15) is 0 Å². The van der Waals surface area contributed by atoms with Gasteiger partial charge in [0.15, 0.2) is 0 Å². The van der Waals surface area contributed by atoms with Crippen LogP contribution in [0.15, 0.2) is 48.7 Å². The number of ether oxygens (including phenoxy) is 1. The highest BCUT2D eigenvalue weighted by Gasteiger charge is 2.19. The molecule has 1 atom stereocenters. The van der Waals surface area contributed by atoms with Crippen LogP contribution in [0.1, 0.15) is 39.4 Å². The van der Waals surface area contributed by atoms with Gasteiger partial charge in [-0.25, -0.2) is 0 Å². The van der Waals surface area contributed by atoms with Gasteiger partial charge in [-0.2, -0.15) is 0 Å². The monoisotopic (exact) mass is 255 g/mol. The first-order chi connectivity index (χ1) is 8.97. The molecule has 0 saturated heterocycles. The van der Waals surface area contributed by atoms with Crippen molar-refractivity contribution in [2.24, 2.45) is 0 Å². The van der Waals surface area contributed by atoms with Crippen molar-refractivity contribution in [1.82, 2.24) is 4.98 Å². The van der Waals surface area contributed by atoms with Gasteiger partial charge in [0.2, 0.25) is 0 Å². The predicted octanol–water partition coefficient (Wildman–Crippen LogP) is 4.62. The fraction of sp³-hybridized carbons (Fsp3) is 0.353. The molecule has 0 aliphatic carbocycles. The van der Waals surface area contributed by atoms with E-state index in [1.165, 1.54) is 5.56 Å². The van der Waals surface area contributed by atoms with Crippen molar-refractivity contribution >= 4 is 0 Å². The molecule has 2 nitrogen and oxygen atoms in total. The Bertz CT molecular complexity index is 528. The third-order valence-electron chi connectivity index (χ3n) is 2.87. The van der Waals surface area contributed by atoms with Crippen molar-refractivity contribution in [2.75, 3.05) is 0 Å². The van der Waals surface area contributed by atoms with E-state index in [0.29, 0.717) is 0 Å². The SMILES string of the molecule is CC(OC(C)(C)C)c1ccccc1-c1ccccn1. The Morgan fingerprint density at radius 1 is 1.00 bits per heavy atom. The van der Waals surface area contributed by atoms with Crippen LogP contribution in [-0.4, -0.2) is 10.6 Å². The first-order valence-corrected chi connectivity index (χ1v) is 6.65. The molecule has 2 aromatic rings. The summed E-state index contributed by atoms with van der Waals surface area (Å²) in [6, 6.07) is 14.3. The van der Waals surface area contributed by atoms with Crippen LogP contribution in [0.3, 0.4) is 0 Å². The summed E-state index contributed by atoms with van der Waals surface area (Å²) in [6.07, 6.45) is 1.86. The van der Waals surface area contributed by atoms with Gasteiger partial charge < -0.3 is 4.74 Å². The lowest BCUT2D eigenvalue weighted by Gasteiger charge is -2.26. The van der Waals surface area contributed by atoms with Gasteiger partial charge in [0.05, 0.1) is 17.4 Å². The van der Waals surface area contributed by atoms with Crippen LogP contribution in [0.25, 0.3) is 11.3 Å². The number of rotatable bonds is 3. The van der Waals surface area contributed by atoms with E-state index in [1.54, 1.807) is 0 Å². The fourth-order valence-electron chi connectivity index (χ4n) is 2.20. The van der Waals surface area contributed by atoms with E-state index in [1.807, 2.05) is 36.5 Å². The lowest BCUT2D eigenvalue weighted by atomic mass is 9.99. The van der Waals surface area contributed by atoms with Crippen molar-refractivity contribution in [2.45, 2.75) is 39.4 Å². The topological polar surface area (TPSA) is 22.1 Å². The third kappa shape index (κ3) is 3.65. The summed E-state index contributed by atoms with van der Waals surface area (Å²) in [7, 11) is 0. The summed E-state index contributed by atoms with van der Waals surface area (Å²) >= 11 is 0. The largest absolute Gasteiger partial charge is 0.368 e. The molecular weight excluding hydrogens is 234 g/mol. The van der Waals surface area contributed by atoms with Crippen molar-refractivity contribution in [3.05, 3.63) is 54.2 Å². The van der Waals surface area contributed by atoms with Gasteiger partial charge in [0, 0.05) is 11.8 Å². The maximum Gasteiger partial charge on any atom is 0.0810 e. The number of nitrogens with zero attached hydrogens (tertiary/aromatic N) is 1. The molecule has 0 bridgehead atoms. The maximum absolute atomic E-state index is 6.06. The number of pyridine rings is 1. The van der Waals surface area contributed by atoms with Gasteiger partial charge in [-0.05, 0) is 45.4 Å². The minimum absolute atomic E-state index is 0.0400. The molecule has 0 amide bonds. The van der Waals surface area contributed by atoms with Crippen LogP contribution in [-0.2, 0) is 4.74 Å². The molecule has 0 aliphatic heterocycles. The summed E-state index contributed by atoms with van der Waals surface area (Å²) in [6.45, 7) is 8.32. The van der Waals surface area contributed by atoms with E-state index in [0.717, 1.165) is 11.3 Å². The van der Waals surface area contributed by atoms with E-state index in [2.05, 4.69) is 44.8 Å². The zero-order valence-electron chi connectivity index (χ0n) is 12.1. The molecule has 1 unspecified atom stereocenters. The minimum Gasteiger partial charge on any atom is -0.368 e. The number of hydrogen-bond donors (Lipinski definition) is 0. The minimum atomic E-state index is -0.156. The predicted molar refractivity (Wildman–Crippen MR) is 78.9 cm³/mol. The number of aromatic nitrogens is 1. The maximum atomic E-state index is 6.06. The van der Waals surface area contributed by atoms with Gasteiger partial charge in [0.25, 0.3) is 0 Å². The molecule has 2 rings (SSSR count). The average molecular weight is 255 g/mol. The van der Waals surface area contributed by atoms with Crippen LogP contribution >= 0.6 is 0 Å². The Hall–Kier alpha value is -1.67. The van der Waals surface area contributed by atoms with Crippen LogP contribution < -0.4 is 0 Å². The van der Waals surface area contributed by atoms with Crippen LogP contribution in [0.4, 0.5) is 0 Å². The average Bonchev–Trinajstić information content (AvgIpc) is 2.38. The summed E-state index contributed by atoms with van der Waals surface area (Å²) in [4.78, 5) is 4.43. The lowest BCUT2D eigenvalue weighted by molar-refractivity contribution is -0.0527. The van der Waals surface area contributed by atoms with E-state index in [4.69, 9.17) is 4.74 Å². The van der Waals surface area contributed by atoms with Crippen molar-refractivity contribution in [3.8, 4) is 11.3 Å². The standard InChI is InChI=1S/C17H21NO/c1-13(19-17(2,3)4)14-9-5-6-10-15(14)16-11-7-8-12-18-16/h5-13H,1-4H3. The first-order valence-electron chi connectivity index (χ1n) is 6.65. The summed E-state index contributed by atoms with van der Waals surface area (Å²) in [5.74, 6) is 0. The van der Waals surface area contributed by atoms with Crippen LogP contribution in [0.2, 0.25) is 0 Å². The van der Waals surface area contributed by atoms with E-state index < -0.39 is 0 Å². The molecule has 1 aromatic heterocycles. The molecule has 0 fully saturated rings. The van der Waals surface area contributed by atoms with Crippen molar-refractivity contribution in [1.29, 1.82) is 0 Å². The molecule has 0 saturated carbocycles. The smallest absolute Gasteiger partial charge is 0.0810 e. The second-order valence-electron chi connectivity index (χ2n) is 5.67. The van der Waals surface area contributed by atoms with E-state index in [-0.39, 0.29) is 11.7 Å². The number of hydrogen-bond acceptors (Lipinski definition) is 2. The van der Waals surface area contributed by atoms with Gasteiger partial charge in [-0.1, -0.05) is 30.3 Å². The molecule has 1 aromatic carbocycles. The summed E-state index contributed by atoms with van der Waals surface area (Å²) < 4.78 is 6.06. The van der Waals surface area contributed by atoms with Crippen molar-refractivity contribution < 1.29 is 4.74 Å². The zero-order chi connectivity index (χ0) is 13.9. The quantitative estimate of drug-likeness (QED) is 0.798. The molecule has 0 N–H and O–H groups in total. The second-order valence-corrected chi connectivity index (χ2v) is 5.67. The second kappa shape index (κ2) is 5.54. The Labute approximate surface area is 115 Å². The summed E-state index contributed by atoms with van der Waals surface area (Å²) in [5.41, 5.74) is 3.15. The first kappa shape index (κ1) is 13.8. The Morgan fingerprint density at radius 2 is 1.68 bits per heavy atom. The molecule has 0 radical (unpaired) electrons. The lowest BCUT2D eigenvalue weighted by Crippen LogP contribution is -2.21. The molecule has 0 spiro atoms. The van der Waals surface area contributed by atoms with Crippen LogP contribution in [0, 0.1) is 0 Å². The Morgan fingerprint density at radius 3 is 2.32 bits per heavy atom. The zero-order valence-corrected chi connectivity index (χ0v) is 12.1. The van der Waals surface area contributed by atoms with E-state index in [9.17, 15) is 0 Å². The molecule has 0 aliphatic rings. The molecule has 100 valence electrons. The van der Waals surface area contributed by atoms with Crippen molar-refractivity contribution in [3.63, 3.8) is 0 Å². The normalized spacial score (nSPS) is 13.3. The molecule has 2 heteroatoms. The molecule has 1 heterocycles. The molecule has 19 heavy (non-hydrogen) atoms. The highest BCUT2D eigenvalue weighted by molar-refractivity contribution is 5.63. The fourth-order valence-corrected chi connectivity index (χ4v) is 2.20. The summed E-state index contributed by atoms with van der Waals surface area (Å²) in [5, 5.41) is 0. The highest BCUT2D eigenvalue weighted by Crippen LogP contribution is 2.31. The van der Waals surface area contributed by atoms with Crippen LogP contribution in [0.5, 0.6) is 0 Å². The Kier molecular flexibility index (Phi) is 4.01. The van der Waals surface area contributed by atoms with Gasteiger partial charge in [-0.3, -0.25) is 4.98 Å². The highest BCUT2D eigenvalue weighted by atomic mass is 16.5. The Balaban J connectivity index is 2.37. The van der Waals surface area contributed by atoms with Gasteiger partial charge >= 0.3 is 0 Å². The third-order valence-corrected chi connectivity index (χ3v) is 2.87. The number of benzene rings is 1. The van der Waals surface area contributed by atoms with E-state index >= 15 is 0 Å². The molecular formula is C17H21NO.